The summed E-state index contributed by atoms with van der Waals surface area (Å²) >= 11 is 0. The van der Waals surface area contributed by atoms with Gasteiger partial charge in [0, 0.05) is 11.9 Å². The molecule has 3 aromatic rings. The third-order valence-corrected chi connectivity index (χ3v) is 4.04. The van der Waals surface area contributed by atoms with Crippen LogP contribution in [0.1, 0.15) is 11.1 Å². The van der Waals surface area contributed by atoms with Gasteiger partial charge in [-0.15, -0.1) is 0 Å². The SMILES string of the molecule is Nc1n[nH]c2ccc(-c3cccc4c3CCNC4)cc12. The molecule has 1 aliphatic heterocycles. The summed E-state index contributed by atoms with van der Waals surface area (Å²) in [4.78, 5) is 0. The average molecular weight is 264 g/mol. The lowest BCUT2D eigenvalue weighted by Gasteiger charge is -2.20. The second-order valence-electron chi connectivity index (χ2n) is 5.24. The molecule has 2 aromatic carbocycles. The summed E-state index contributed by atoms with van der Waals surface area (Å²) in [6.07, 6.45) is 1.07. The van der Waals surface area contributed by atoms with Gasteiger partial charge in [-0.25, -0.2) is 0 Å². The van der Waals surface area contributed by atoms with Crippen LogP contribution in [0.15, 0.2) is 36.4 Å². The van der Waals surface area contributed by atoms with E-state index in [2.05, 4.69) is 51.9 Å². The molecular weight excluding hydrogens is 248 g/mol. The minimum atomic E-state index is 0.563. The van der Waals surface area contributed by atoms with Crippen LogP contribution >= 0.6 is 0 Å². The molecule has 20 heavy (non-hydrogen) atoms. The van der Waals surface area contributed by atoms with E-state index < -0.39 is 0 Å². The zero-order chi connectivity index (χ0) is 13.5. The average Bonchev–Trinajstić information content (AvgIpc) is 2.88. The normalized spacial score (nSPS) is 14.4. The highest BCUT2D eigenvalue weighted by Crippen LogP contribution is 2.31. The zero-order valence-electron chi connectivity index (χ0n) is 11.1. The second kappa shape index (κ2) is 4.35. The molecule has 4 rings (SSSR count). The summed E-state index contributed by atoms with van der Waals surface area (Å²) in [6.45, 7) is 2.00. The number of hydrogen-bond acceptors (Lipinski definition) is 3. The molecule has 0 spiro atoms. The maximum atomic E-state index is 5.91. The van der Waals surface area contributed by atoms with Gasteiger partial charge in [0.15, 0.2) is 5.82 Å². The van der Waals surface area contributed by atoms with Crippen LogP contribution in [-0.4, -0.2) is 16.7 Å². The number of nitrogens with one attached hydrogen (secondary N) is 2. The topological polar surface area (TPSA) is 66.7 Å². The molecule has 0 saturated heterocycles. The molecule has 0 bridgehead atoms. The molecule has 1 aliphatic rings. The van der Waals surface area contributed by atoms with Crippen molar-refractivity contribution < 1.29 is 0 Å². The molecule has 2 heterocycles. The van der Waals surface area contributed by atoms with Crippen molar-refractivity contribution in [2.24, 2.45) is 0 Å². The van der Waals surface area contributed by atoms with Gasteiger partial charge in [-0.2, -0.15) is 5.10 Å². The van der Waals surface area contributed by atoms with Crippen LogP contribution in [0.3, 0.4) is 0 Å². The van der Waals surface area contributed by atoms with Crippen LogP contribution in [0.25, 0.3) is 22.0 Å². The molecule has 0 saturated carbocycles. The van der Waals surface area contributed by atoms with Crippen molar-refractivity contribution in [1.29, 1.82) is 0 Å². The smallest absolute Gasteiger partial charge is 0.153 e. The number of nitrogens with two attached hydrogens (primary N) is 1. The summed E-state index contributed by atoms with van der Waals surface area (Å²) in [6, 6.07) is 12.8. The minimum absolute atomic E-state index is 0.563. The first kappa shape index (κ1) is 11.5. The lowest BCUT2D eigenvalue weighted by molar-refractivity contribution is 0.645. The molecule has 0 radical (unpaired) electrons. The maximum absolute atomic E-state index is 5.91. The van der Waals surface area contributed by atoms with E-state index in [0.717, 1.165) is 30.4 Å². The number of nitrogens with zero attached hydrogens (tertiary/aromatic N) is 1. The van der Waals surface area contributed by atoms with Crippen LogP contribution < -0.4 is 11.1 Å². The van der Waals surface area contributed by atoms with Crippen molar-refractivity contribution in [2.45, 2.75) is 13.0 Å². The number of benzene rings is 2. The molecule has 0 unspecified atom stereocenters. The fourth-order valence-corrected chi connectivity index (χ4v) is 3.00. The van der Waals surface area contributed by atoms with E-state index in [1.54, 1.807) is 0 Å². The van der Waals surface area contributed by atoms with E-state index in [1.165, 1.54) is 22.3 Å². The van der Waals surface area contributed by atoms with Crippen molar-refractivity contribution in [2.75, 3.05) is 12.3 Å². The summed E-state index contributed by atoms with van der Waals surface area (Å²) in [7, 11) is 0. The van der Waals surface area contributed by atoms with Crippen molar-refractivity contribution in [1.82, 2.24) is 15.5 Å². The van der Waals surface area contributed by atoms with Crippen LogP contribution in [0.4, 0.5) is 5.82 Å². The van der Waals surface area contributed by atoms with Crippen LogP contribution in [0, 0.1) is 0 Å². The fourth-order valence-electron chi connectivity index (χ4n) is 3.00. The molecule has 4 N–H and O–H groups in total. The van der Waals surface area contributed by atoms with Crippen LogP contribution in [0.2, 0.25) is 0 Å². The fraction of sp³-hybridized carbons (Fsp3) is 0.188. The van der Waals surface area contributed by atoms with Crippen molar-refractivity contribution >= 4 is 16.7 Å². The Labute approximate surface area is 117 Å². The third kappa shape index (κ3) is 1.69. The Morgan fingerprint density at radius 3 is 3.05 bits per heavy atom. The molecule has 0 atom stereocenters. The Kier molecular flexibility index (Phi) is 2.50. The highest BCUT2D eigenvalue weighted by molar-refractivity contribution is 5.92. The minimum Gasteiger partial charge on any atom is -0.382 e. The van der Waals surface area contributed by atoms with Crippen molar-refractivity contribution in [3.05, 3.63) is 47.5 Å². The van der Waals surface area contributed by atoms with Gasteiger partial charge in [0.25, 0.3) is 0 Å². The highest BCUT2D eigenvalue weighted by atomic mass is 15.1. The van der Waals surface area contributed by atoms with Gasteiger partial charge in [-0.3, -0.25) is 5.10 Å². The van der Waals surface area contributed by atoms with Crippen LogP contribution in [0.5, 0.6) is 0 Å². The lowest BCUT2D eigenvalue weighted by Crippen LogP contribution is -2.23. The predicted octanol–water partition coefficient (Wildman–Crippen LogP) is 2.46. The number of aromatic amines is 1. The van der Waals surface area contributed by atoms with Gasteiger partial charge in [0.2, 0.25) is 0 Å². The molecular formula is C16H16N4. The lowest BCUT2D eigenvalue weighted by atomic mass is 9.91. The number of anilines is 1. The first-order valence-corrected chi connectivity index (χ1v) is 6.88. The van der Waals surface area contributed by atoms with E-state index >= 15 is 0 Å². The van der Waals surface area contributed by atoms with Gasteiger partial charge in [-0.1, -0.05) is 24.3 Å². The monoisotopic (exact) mass is 264 g/mol. The Hall–Kier alpha value is -2.33. The molecule has 0 fully saturated rings. The Bertz CT molecular complexity index is 788. The maximum Gasteiger partial charge on any atom is 0.153 e. The molecule has 100 valence electrons. The number of H-pyrrole nitrogens is 1. The van der Waals surface area contributed by atoms with Gasteiger partial charge in [-0.05, 0) is 47.4 Å². The van der Waals surface area contributed by atoms with Crippen molar-refractivity contribution in [3.8, 4) is 11.1 Å². The van der Waals surface area contributed by atoms with E-state index in [0.29, 0.717) is 5.82 Å². The largest absolute Gasteiger partial charge is 0.382 e. The number of aromatic nitrogens is 2. The van der Waals surface area contributed by atoms with Gasteiger partial charge in [0.1, 0.15) is 0 Å². The Morgan fingerprint density at radius 2 is 2.10 bits per heavy atom. The number of hydrogen-bond donors (Lipinski definition) is 3. The number of fused-ring (bicyclic) bond motifs is 2. The predicted molar refractivity (Wildman–Crippen MR) is 81.4 cm³/mol. The quantitative estimate of drug-likeness (QED) is 0.632. The molecule has 4 nitrogen and oxygen atoms in total. The first-order chi connectivity index (χ1) is 9.83. The Morgan fingerprint density at radius 1 is 1.15 bits per heavy atom. The highest BCUT2D eigenvalue weighted by Gasteiger charge is 2.14. The van der Waals surface area contributed by atoms with Gasteiger partial charge >= 0.3 is 0 Å². The number of rotatable bonds is 1. The van der Waals surface area contributed by atoms with E-state index in [1.807, 2.05) is 0 Å². The zero-order valence-corrected chi connectivity index (χ0v) is 11.1. The number of nitrogen functional groups attached to an aromatic ring is 1. The second-order valence-corrected chi connectivity index (χ2v) is 5.24. The molecule has 1 aromatic heterocycles. The van der Waals surface area contributed by atoms with E-state index in [-0.39, 0.29) is 0 Å². The Balaban J connectivity index is 1.92. The summed E-state index contributed by atoms with van der Waals surface area (Å²) in [5.74, 6) is 0.563. The molecule has 0 amide bonds. The first-order valence-electron chi connectivity index (χ1n) is 6.88. The van der Waals surface area contributed by atoms with Gasteiger partial charge in [0.05, 0.1) is 5.52 Å². The summed E-state index contributed by atoms with van der Waals surface area (Å²) in [5, 5.41) is 11.4. The van der Waals surface area contributed by atoms with Gasteiger partial charge < -0.3 is 11.1 Å². The van der Waals surface area contributed by atoms with Crippen molar-refractivity contribution in [3.63, 3.8) is 0 Å². The van der Waals surface area contributed by atoms with E-state index in [4.69, 9.17) is 5.73 Å². The molecule has 0 aliphatic carbocycles. The third-order valence-electron chi connectivity index (χ3n) is 4.04. The van der Waals surface area contributed by atoms with E-state index in [9.17, 15) is 0 Å². The molecule has 4 heteroatoms. The van der Waals surface area contributed by atoms with Crippen LogP contribution in [-0.2, 0) is 13.0 Å². The standard InChI is InChI=1S/C16H16N4/c17-16-14-8-10(4-5-15(14)19-20-16)12-3-1-2-11-9-18-7-6-13(11)12/h1-5,8,18H,6-7,9H2,(H3,17,19,20). The summed E-state index contributed by atoms with van der Waals surface area (Å²) in [5.41, 5.74) is 12.3. The summed E-state index contributed by atoms with van der Waals surface area (Å²) < 4.78 is 0.